The molecule has 1 aromatic rings. The lowest BCUT2D eigenvalue weighted by atomic mass is 9.78. The van der Waals surface area contributed by atoms with Crippen LogP contribution in [-0.2, 0) is 10.0 Å². The van der Waals surface area contributed by atoms with E-state index in [-0.39, 0.29) is 5.92 Å². The fraction of sp³-hybridized carbons (Fsp3) is 0.500. The number of aliphatic hydroxyl groups is 1. The molecular formula is C20H30FNO3S. The van der Waals surface area contributed by atoms with Crippen LogP contribution in [0.25, 0.3) is 0 Å². The summed E-state index contributed by atoms with van der Waals surface area (Å²) in [5, 5.41) is 11.3. The molecule has 1 aromatic carbocycles. The van der Waals surface area contributed by atoms with Crippen LogP contribution in [0, 0.1) is 11.7 Å². The van der Waals surface area contributed by atoms with Crippen LogP contribution in [0.4, 0.5) is 4.39 Å². The highest BCUT2D eigenvalue weighted by atomic mass is 32.2. The molecular weight excluding hydrogens is 353 g/mol. The summed E-state index contributed by atoms with van der Waals surface area (Å²) in [4.78, 5) is -0.414. The average molecular weight is 384 g/mol. The zero-order valence-electron chi connectivity index (χ0n) is 15.6. The Morgan fingerprint density at radius 1 is 1.23 bits per heavy atom. The number of hydrogen-bond acceptors (Lipinski definition) is 3. The van der Waals surface area contributed by atoms with Gasteiger partial charge in [0, 0.05) is 0 Å². The number of rotatable bonds is 12. The van der Waals surface area contributed by atoms with Crippen molar-refractivity contribution in [1.29, 1.82) is 0 Å². The number of allylic oxidation sites excluding steroid dienone is 2. The highest BCUT2D eigenvalue weighted by Crippen LogP contribution is 2.31. The Kier molecular flexibility index (Phi) is 8.67. The second kappa shape index (κ2) is 10.00. The van der Waals surface area contributed by atoms with E-state index in [0.717, 1.165) is 6.07 Å². The molecule has 1 rings (SSSR count). The molecule has 4 nitrogen and oxygen atoms in total. The molecule has 26 heavy (non-hydrogen) atoms. The fourth-order valence-corrected chi connectivity index (χ4v) is 4.52. The van der Waals surface area contributed by atoms with Crippen LogP contribution in [0.3, 0.4) is 0 Å². The van der Waals surface area contributed by atoms with E-state index < -0.39 is 32.4 Å². The Hall–Kier alpha value is -1.50. The zero-order chi connectivity index (χ0) is 19.8. The van der Waals surface area contributed by atoms with Crippen molar-refractivity contribution in [2.45, 2.75) is 62.5 Å². The van der Waals surface area contributed by atoms with Crippen molar-refractivity contribution in [1.82, 2.24) is 4.72 Å². The van der Waals surface area contributed by atoms with Crippen LogP contribution in [0.15, 0.2) is 54.5 Å². The molecule has 0 aliphatic rings. The lowest BCUT2D eigenvalue weighted by Crippen LogP contribution is -2.56. The first-order valence-corrected chi connectivity index (χ1v) is 10.4. The van der Waals surface area contributed by atoms with Crippen molar-refractivity contribution in [2.24, 2.45) is 5.92 Å². The third kappa shape index (κ3) is 5.76. The second-order valence-corrected chi connectivity index (χ2v) is 8.36. The number of hydrogen-bond donors (Lipinski definition) is 2. The third-order valence-electron chi connectivity index (χ3n) is 4.76. The molecule has 0 saturated carbocycles. The summed E-state index contributed by atoms with van der Waals surface area (Å²) in [6, 6.07) is 4.48. The summed E-state index contributed by atoms with van der Waals surface area (Å²) in [6.45, 7) is 11.2. The summed E-state index contributed by atoms with van der Waals surface area (Å²) in [5.74, 6) is -0.959. The van der Waals surface area contributed by atoms with Gasteiger partial charge in [-0.2, -0.15) is 0 Å². The van der Waals surface area contributed by atoms with Crippen molar-refractivity contribution < 1.29 is 17.9 Å². The minimum absolute atomic E-state index is 0.142. The predicted octanol–water partition coefficient (Wildman–Crippen LogP) is 4.18. The third-order valence-corrected chi connectivity index (χ3v) is 6.24. The molecule has 0 unspecified atom stereocenters. The van der Waals surface area contributed by atoms with Gasteiger partial charge in [-0.3, -0.25) is 0 Å². The zero-order valence-corrected chi connectivity index (χ0v) is 16.4. The maximum absolute atomic E-state index is 14.0. The van der Waals surface area contributed by atoms with E-state index in [9.17, 15) is 17.9 Å². The molecule has 0 aliphatic carbocycles. The van der Waals surface area contributed by atoms with E-state index in [1.54, 1.807) is 12.2 Å². The summed E-state index contributed by atoms with van der Waals surface area (Å²) in [7, 11) is -4.12. The Morgan fingerprint density at radius 2 is 1.77 bits per heavy atom. The van der Waals surface area contributed by atoms with Crippen LogP contribution in [-0.4, -0.2) is 25.2 Å². The smallest absolute Gasteiger partial charge is 0.243 e. The van der Waals surface area contributed by atoms with Gasteiger partial charge in [0.25, 0.3) is 0 Å². The van der Waals surface area contributed by atoms with E-state index >= 15 is 0 Å². The fourth-order valence-electron chi connectivity index (χ4n) is 3.02. The van der Waals surface area contributed by atoms with Gasteiger partial charge in [-0.05, 0) is 43.7 Å². The first-order chi connectivity index (χ1) is 12.2. The van der Waals surface area contributed by atoms with Crippen LogP contribution in [0.2, 0.25) is 0 Å². The minimum atomic E-state index is -4.12. The van der Waals surface area contributed by atoms with Gasteiger partial charge in [-0.1, -0.05) is 44.6 Å². The number of sulfonamides is 1. The van der Waals surface area contributed by atoms with E-state index in [2.05, 4.69) is 17.9 Å². The van der Waals surface area contributed by atoms with E-state index in [4.69, 9.17) is 0 Å². The maximum Gasteiger partial charge on any atom is 0.243 e. The Morgan fingerprint density at radius 3 is 2.23 bits per heavy atom. The Balaban J connectivity index is 3.28. The van der Waals surface area contributed by atoms with Gasteiger partial charge in [-0.15, -0.1) is 13.2 Å². The average Bonchev–Trinajstić information content (AvgIpc) is 2.62. The largest absolute Gasteiger partial charge is 0.388 e. The molecule has 0 spiro atoms. The quantitative estimate of drug-likeness (QED) is 0.532. The summed E-state index contributed by atoms with van der Waals surface area (Å²) in [6.07, 6.45) is 5.85. The SMILES string of the molecule is C=CCCC(O)(CCC=C)[C@@H](NS(=O)(=O)c1ccccc1F)[C@@H](C)CC. The molecule has 6 heteroatoms. The summed E-state index contributed by atoms with van der Waals surface area (Å²) < 4.78 is 42.1. The van der Waals surface area contributed by atoms with Gasteiger partial charge >= 0.3 is 0 Å². The summed E-state index contributed by atoms with van der Waals surface area (Å²) in [5.41, 5.74) is -1.28. The monoisotopic (exact) mass is 383 g/mol. The van der Waals surface area contributed by atoms with E-state index in [1.165, 1.54) is 18.2 Å². The lowest BCUT2D eigenvalue weighted by molar-refractivity contribution is -0.0226. The van der Waals surface area contributed by atoms with Crippen LogP contribution in [0.1, 0.15) is 46.0 Å². The Labute approximate surface area is 156 Å². The first-order valence-electron chi connectivity index (χ1n) is 8.93. The van der Waals surface area contributed by atoms with Crippen LogP contribution >= 0.6 is 0 Å². The van der Waals surface area contributed by atoms with Crippen molar-refractivity contribution >= 4 is 10.0 Å². The van der Waals surface area contributed by atoms with Crippen molar-refractivity contribution in [2.75, 3.05) is 0 Å². The number of halogens is 1. The summed E-state index contributed by atoms with van der Waals surface area (Å²) >= 11 is 0. The molecule has 0 bridgehead atoms. The van der Waals surface area contributed by atoms with Crippen LogP contribution < -0.4 is 4.72 Å². The number of nitrogens with one attached hydrogen (secondary N) is 1. The molecule has 2 N–H and O–H groups in total. The molecule has 146 valence electrons. The Bertz CT molecular complexity index is 691. The van der Waals surface area contributed by atoms with Gasteiger partial charge in [0.05, 0.1) is 11.6 Å². The first kappa shape index (κ1) is 22.5. The molecule has 0 aliphatic heterocycles. The second-order valence-electron chi connectivity index (χ2n) is 6.67. The molecule has 0 saturated heterocycles. The van der Waals surface area contributed by atoms with Crippen molar-refractivity contribution in [3.8, 4) is 0 Å². The predicted molar refractivity (Wildman–Crippen MR) is 104 cm³/mol. The highest BCUT2D eigenvalue weighted by Gasteiger charge is 2.41. The van der Waals surface area contributed by atoms with Crippen molar-refractivity contribution in [3.63, 3.8) is 0 Å². The molecule has 0 amide bonds. The molecule has 0 aromatic heterocycles. The van der Waals surface area contributed by atoms with Gasteiger partial charge in [0.1, 0.15) is 10.7 Å². The van der Waals surface area contributed by atoms with E-state index in [1.807, 2.05) is 13.8 Å². The van der Waals surface area contributed by atoms with Crippen molar-refractivity contribution in [3.05, 3.63) is 55.4 Å². The van der Waals surface area contributed by atoms with Gasteiger partial charge < -0.3 is 5.11 Å². The van der Waals surface area contributed by atoms with Gasteiger partial charge in [0.15, 0.2) is 0 Å². The molecule has 0 radical (unpaired) electrons. The topological polar surface area (TPSA) is 66.4 Å². The highest BCUT2D eigenvalue weighted by molar-refractivity contribution is 7.89. The minimum Gasteiger partial charge on any atom is -0.388 e. The van der Waals surface area contributed by atoms with Gasteiger partial charge in [-0.25, -0.2) is 17.5 Å². The number of benzene rings is 1. The molecule has 0 heterocycles. The maximum atomic E-state index is 14.0. The molecule has 2 atom stereocenters. The molecule has 0 fully saturated rings. The normalized spacial score (nSPS) is 14.6. The van der Waals surface area contributed by atoms with Crippen LogP contribution in [0.5, 0.6) is 0 Å². The van der Waals surface area contributed by atoms with E-state index in [0.29, 0.717) is 32.1 Å². The standard InChI is InChI=1S/C20H30FNO3S/c1-5-8-14-20(23,15-9-6-2)19(16(4)7-3)22-26(24,25)18-13-11-10-12-17(18)21/h5-6,10-13,16,19,22-23H,1-2,7-9,14-15H2,3-4H3/t16-,19-/m0/s1. The lowest BCUT2D eigenvalue weighted by Gasteiger charge is -2.40. The van der Waals surface area contributed by atoms with Gasteiger partial charge in [0.2, 0.25) is 10.0 Å².